The van der Waals surface area contributed by atoms with Gasteiger partial charge in [-0.3, -0.25) is 4.79 Å². The Labute approximate surface area is 175 Å². The van der Waals surface area contributed by atoms with Crippen LogP contribution in [0.3, 0.4) is 0 Å². The molecule has 0 unspecified atom stereocenters. The number of hydrogen-bond acceptors (Lipinski definition) is 3. The number of benzene rings is 1. The second-order valence-electron chi connectivity index (χ2n) is 8.25. The number of piperazine rings is 1. The predicted octanol–water partition coefficient (Wildman–Crippen LogP) is 1.28. The van der Waals surface area contributed by atoms with Crippen molar-refractivity contribution >= 4 is 15.9 Å². The van der Waals surface area contributed by atoms with Crippen molar-refractivity contribution in [3.05, 3.63) is 41.5 Å². The normalized spacial score (nSPS) is 20.1. The molecular weight excluding hydrogens is 386 g/mol. The first kappa shape index (κ1) is 22.0. The Bertz CT molecular complexity index is 825. The Morgan fingerprint density at radius 1 is 1.17 bits per heavy atom. The third-order valence-corrected chi connectivity index (χ3v) is 8.07. The Morgan fingerprint density at radius 3 is 2.48 bits per heavy atom. The van der Waals surface area contributed by atoms with Crippen molar-refractivity contribution in [1.29, 1.82) is 0 Å². The summed E-state index contributed by atoms with van der Waals surface area (Å²) in [6, 6.07) is 6.82. The number of sulfonamides is 1. The fourth-order valence-corrected chi connectivity index (χ4v) is 5.56. The zero-order valence-electron chi connectivity index (χ0n) is 17.6. The molecule has 0 aromatic heterocycles. The summed E-state index contributed by atoms with van der Waals surface area (Å²) in [4.78, 5) is 14.0. The van der Waals surface area contributed by atoms with Crippen LogP contribution in [0.5, 0.6) is 0 Å². The summed E-state index contributed by atoms with van der Waals surface area (Å²) in [6.07, 6.45) is 8.13. The van der Waals surface area contributed by atoms with Crippen LogP contribution in [0.15, 0.2) is 40.8 Å². The molecule has 1 aromatic rings. The van der Waals surface area contributed by atoms with Gasteiger partial charge in [0.25, 0.3) is 5.91 Å². The monoisotopic (exact) mass is 420 g/mol. The van der Waals surface area contributed by atoms with Gasteiger partial charge in [-0.05, 0) is 58.1 Å². The van der Waals surface area contributed by atoms with Gasteiger partial charge >= 0.3 is 0 Å². The number of hydrogen-bond donors (Lipinski definition) is 2. The number of nitrogens with zero attached hydrogens (tertiary/aromatic N) is 1. The number of amides is 1. The number of rotatable bonds is 7. The topological polar surface area (TPSA) is 70.9 Å². The molecule has 29 heavy (non-hydrogen) atoms. The Hall–Kier alpha value is -1.70. The molecule has 0 radical (unpaired) electrons. The van der Waals surface area contributed by atoms with Crippen LogP contribution < -0.4 is 10.2 Å². The fourth-order valence-electron chi connectivity index (χ4n) is 4.12. The largest absolute Gasteiger partial charge is 0.351 e. The molecular formula is C22H34N3O3S+. The molecule has 1 aliphatic heterocycles. The number of aryl methyl sites for hydroxylation is 1. The second kappa shape index (κ2) is 9.87. The minimum absolute atomic E-state index is 0.0613. The van der Waals surface area contributed by atoms with E-state index >= 15 is 0 Å². The van der Waals surface area contributed by atoms with Crippen LogP contribution in [0.2, 0.25) is 0 Å². The van der Waals surface area contributed by atoms with Gasteiger partial charge in [0, 0.05) is 6.54 Å². The summed E-state index contributed by atoms with van der Waals surface area (Å²) in [5.41, 5.74) is 2.50. The van der Waals surface area contributed by atoms with Crippen molar-refractivity contribution in [2.75, 3.05) is 32.7 Å². The molecule has 1 heterocycles. The van der Waals surface area contributed by atoms with E-state index in [-0.39, 0.29) is 11.9 Å². The average molecular weight is 421 g/mol. The van der Waals surface area contributed by atoms with Crippen LogP contribution in [0.25, 0.3) is 0 Å². The van der Waals surface area contributed by atoms with Crippen molar-refractivity contribution in [2.45, 2.75) is 56.9 Å². The highest BCUT2D eigenvalue weighted by Gasteiger charge is 2.34. The molecule has 0 saturated carbocycles. The Balaban J connectivity index is 1.47. The first-order chi connectivity index (χ1) is 13.9. The zero-order valence-corrected chi connectivity index (χ0v) is 18.4. The third kappa shape index (κ3) is 5.68. The molecule has 1 aromatic carbocycles. The second-order valence-corrected chi connectivity index (χ2v) is 10.2. The number of allylic oxidation sites excluding steroid dienone is 1. The third-order valence-electron chi connectivity index (χ3n) is 6.16. The molecule has 160 valence electrons. The smallest absolute Gasteiger partial charge is 0.278 e. The van der Waals surface area contributed by atoms with E-state index in [1.165, 1.54) is 24.8 Å². The quantitative estimate of drug-likeness (QED) is 0.653. The Morgan fingerprint density at radius 2 is 1.86 bits per heavy atom. The van der Waals surface area contributed by atoms with E-state index in [1.807, 2.05) is 26.0 Å². The molecule has 0 bridgehead atoms. The molecule has 2 aliphatic rings. The first-order valence-electron chi connectivity index (χ1n) is 10.7. The van der Waals surface area contributed by atoms with E-state index in [2.05, 4.69) is 11.4 Å². The van der Waals surface area contributed by atoms with Gasteiger partial charge in [0.1, 0.15) is 0 Å². The van der Waals surface area contributed by atoms with E-state index < -0.39 is 10.0 Å². The van der Waals surface area contributed by atoms with Gasteiger partial charge in [-0.25, -0.2) is 8.42 Å². The van der Waals surface area contributed by atoms with Gasteiger partial charge in [-0.1, -0.05) is 29.3 Å². The Kier molecular flexibility index (Phi) is 7.49. The van der Waals surface area contributed by atoms with E-state index in [1.54, 1.807) is 16.4 Å². The maximum absolute atomic E-state index is 12.8. The van der Waals surface area contributed by atoms with Crippen LogP contribution in [0.4, 0.5) is 0 Å². The molecule has 2 N–H and O–H groups in total. The fraction of sp³-hybridized carbons (Fsp3) is 0.591. The molecule has 1 aliphatic carbocycles. The lowest BCUT2D eigenvalue weighted by atomic mass is 9.97. The lowest BCUT2D eigenvalue weighted by molar-refractivity contribution is -0.917. The van der Waals surface area contributed by atoms with Gasteiger partial charge in [-0.15, -0.1) is 0 Å². The van der Waals surface area contributed by atoms with E-state index in [9.17, 15) is 13.2 Å². The van der Waals surface area contributed by atoms with Gasteiger partial charge in [0.05, 0.1) is 31.1 Å². The number of carbonyl (C=O) groups excluding carboxylic acids is 1. The highest BCUT2D eigenvalue weighted by molar-refractivity contribution is 7.89. The highest BCUT2D eigenvalue weighted by Crippen LogP contribution is 2.19. The first-order valence-corrected chi connectivity index (χ1v) is 12.2. The van der Waals surface area contributed by atoms with Crippen LogP contribution in [-0.2, 0) is 14.8 Å². The number of quaternary nitrogens is 1. The SMILES string of the molecule is Cc1ccc(S(=O)(=O)N2CC[NH+]([C@@H](C)C(=O)NCCC3=CCCCC3)CC2)cc1. The summed E-state index contributed by atoms with van der Waals surface area (Å²) in [6.45, 7) is 6.74. The molecule has 1 fully saturated rings. The molecule has 7 heteroatoms. The maximum atomic E-state index is 12.8. The van der Waals surface area contributed by atoms with Crippen LogP contribution in [0, 0.1) is 6.92 Å². The van der Waals surface area contributed by atoms with Crippen LogP contribution in [0.1, 0.15) is 44.6 Å². The van der Waals surface area contributed by atoms with Crippen molar-refractivity contribution in [3.63, 3.8) is 0 Å². The van der Waals surface area contributed by atoms with Crippen molar-refractivity contribution in [1.82, 2.24) is 9.62 Å². The zero-order chi connectivity index (χ0) is 20.9. The van der Waals surface area contributed by atoms with E-state index in [0.717, 1.165) is 23.3 Å². The molecule has 6 nitrogen and oxygen atoms in total. The molecule has 1 amide bonds. The van der Waals surface area contributed by atoms with E-state index in [4.69, 9.17) is 0 Å². The summed E-state index contributed by atoms with van der Waals surface area (Å²) in [5, 5.41) is 3.07. The van der Waals surface area contributed by atoms with Crippen molar-refractivity contribution in [2.24, 2.45) is 0 Å². The minimum atomic E-state index is -3.46. The molecule has 0 spiro atoms. The summed E-state index contributed by atoms with van der Waals surface area (Å²) in [5.74, 6) is 0.0613. The standard InChI is InChI=1S/C22H33N3O3S/c1-18-8-10-21(11-9-18)29(27,28)25-16-14-24(15-17-25)19(2)22(26)23-13-12-20-6-4-3-5-7-20/h6,8-11,19H,3-5,7,12-17H2,1-2H3,(H,23,26)/p+1/t19-/m0/s1. The van der Waals surface area contributed by atoms with Crippen molar-refractivity contribution in [3.8, 4) is 0 Å². The summed E-state index contributed by atoms with van der Waals surface area (Å²) in [7, 11) is -3.46. The minimum Gasteiger partial charge on any atom is -0.351 e. The molecule has 1 atom stereocenters. The van der Waals surface area contributed by atoms with Gasteiger partial charge < -0.3 is 10.2 Å². The van der Waals surface area contributed by atoms with E-state index in [0.29, 0.717) is 37.6 Å². The predicted molar refractivity (Wildman–Crippen MR) is 114 cm³/mol. The number of nitrogens with one attached hydrogen (secondary N) is 2. The van der Waals surface area contributed by atoms with Crippen molar-refractivity contribution < 1.29 is 18.1 Å². The lowest BCUT2D eigenvalue weighted by Crippen LogP contribution is -3.19. The highest BCUT2D eigenvalue weighted by atomic mass is 32.2. The lowest BCUT2D eigenvalue weighted by Gasteiger charge is -2.34. The van der Waals surface area contributed by atoms with Crippen LogP contribution >= 0.6 is 0 Å². The number of carbonyl (C=O) groups is 1. The summed E-state index contributed by atoms with van der Waals surface area (Å²) >= 11 is 0. The molecule has 3 rings (SSSR count). The van der Waals surface area contributed by atoms with Gasteiger partial charge in [0.2, 0.25) is 10.0 Å². The van der Waals surface area contributed by atoms with Gasteiger partial charge in [0.15, 0.2) is 6.04 Å². The van der Waals surface area contributed by atoms with Gasteiger partial charge in [-0.2, -0.15) is 4.31 Å². The average Bonchev–Trinajstić information content (AvgIpc) is 2.74. The molecule has 1 saturated heterocycles. The van der Waals surface area contributed by atoms with Crippen LogP contribution in [-0.4, -0.2) is 57.4 Å². The summed E-state index contributed by atoms with van der Waals surface area (Å²) < 4.78 is 27.2. The maximum Gasteiger partial charge on any atom is 0.278 e.